The number of nitrogens with one attached hydrogen (secondary N) is 1. The highest BCUT2D eigenvalue weighted by atomic mass is 79.9. The number of halogens is 2. The van der Waals surface area contributed by atoms with Gasteiger partial charge in [0, 0.05) is 11.4 Å². The minimum Gasteiger partial charge on any atom is -0.466 e. The van der Waals surface area contributed by atoms with Crippen molar-refractivity contribution in [3.05, 3.63) is 56.6 Å². The van der Waals surface area contributed by atoms with E-state index < -0.39 is 17.7 Å². The average molecular weight is 393 g/mol. The smallest absolute Gasteiger partial charge is 0.336 e. The van der Waals surface area contributed by atoms with Crippen molar-refractivity contribution in [1.82, 2.24) is 5.32 Å². The van der Waals surface area contributed by atoms with E-state index in [1.807, 2.05) is 13.8 Å². The molecule has 1 aromatic carbocycles. The predicted molar refractivity (Wildman–Crippen MR) is 92.2 cm³/mol. The van der Waals surface area contributed by atoms with Crippen LogP contribution in [0.4, 0.5) is 4.39 Å². The number of benzene rings is 1. The fraction of sp³-hybridized carbons (Fsp3) is 0.333. The quantitative estimate of drug-likeness (QED) is 0.784. The molecule has 1 aromatic rings. The maximum absolute atomic E-state index is 13.6. The number of carbonyl (C=O) groups is 1. The summed E-state index contributed by atoms with van der Waals surface area (Å²) in [6.45, 7) is 5.70. The van der Waals surface area contributed by atoms with Crippen molar-refractivity contribution in [2.75, 3.05) is 7.11 Å². The molecule has 0 spiro atoms. The van der Waals surface area contributed by atoms with Crippen molar-refractivity contribution in [3.63, 3.8) is 0 Å². The molecule has 1 aliphatic rings. The molecule has 1 N–H and O–H groups in total. The highest BCUT2D eigenvalue weighted by Crippen LogP contribution is 2.40. The van der Waals surface area contributed by atoms with Crippen LogP contribution < -0.4 is 5.32 Å². The number of nitrogens with zero attached hydrogens (tertiary/aromatic N) is 1. The van der Waals surface area contributed by atoms with Gasteiger partial charge >= 0.3 is 5.97 Å². The normalized spacial score (nSPS) is 17.7. The molecule has 4 nitrogen and oxygen atoms in total. The number of rotatable bonds is 3. The fourth-order valence-electron chi connectivity index (χ4n) is 2.84. The Morgan fingerprint density at radius 2 is 2.12 bits per heavy atom. The summed E-state index contributed by atoms with van der Waals surface area (Å²) in [5.41, 5.74) is 2.84. The van der Waals surface area contributed by atoms with E-state index in [4.69, 9.17) is 4.74 Å². The van der Waals surface area contributed by atoms with E-state index in [2.05, 4.69) is 27.3 Å². The number of dihydropyridines is 1. The summed E-state index contributed by atoms with van der Waals surface area (Å²) in [7, 11) is 1.30. The Labute approximate surface area is 149 Å². The van der Waals surface area contributed by atoms with Crippen molar-refractivity contribution in [3.8, 4) is 6.07 Å². The predicted octanol–water partition coefficient (Wildman–Crippen LogP) is 4.16. The molecule has 6 heteroatoms. The summed E-state index contributed by atoms with van der Waals surface area (Å²) in [6.07, 6.45) is 0. The van der Waals surface area contributed by atoms with Crippen LogP contribution in [0.5, 0.6) is 0 Å². The zero-order valence-corrected chi connectivity index (χ0v) is 15.5. The Morgan fingerprint density at radius 3 is 2.62 bits per heavy atom. The van der Waals surface area contributed by atoms with E-state index in [-0.39, 0.29) is 10.4 Å². The first-order chi connectivity index (χ1) is 11.3. The van der Waals surface area contributed by atoms with Gasteiger partial charge in [-0.1, -0.05) is 19.9 Å². The summed E-state index contributed by atoms with van der Waals surface area (Å²) in [5, 5.41) is 12.9. The van der Waals surface area contributed by atoms with Crippen LogP contribution in [-0.2, 0) is 9.53 Å². The van der Waals surface area contributed by atoms with E-state index in [1.54, 1.807) is 19.1 Å². The second-order valence-corrected chi connectivity index (χ2v) is 6.71. The zero-order chi connectivity index (χ0) is 18.0. The Morgan fingerprint density at radius 1 is 1.46 bits per heavy atom. The lowest BCUT2D eigenvalue weighted by atomic mass is 9.79. The molecule has 0 aromatic heterocycles. The van der Waals surface area contributed by atoms with Gasteiger partial charge < -0.3 is 10.1 Å². The summed E-state index contributed by atoms with van der Waals surface area (Å²) < 4.78 is 18.8. The van der Waals surface area contributed by atoms with Gasteiger partial charge in [-0.25, -0.2) is 9.18 Å². The van der Waals surface area contributed by atoms with Crippen molar-refractivity contribution in [1.29, 1.82) is 5.26 Å². The third-order valence-corrected chi connectivity index (χ3v) is 4.58. The van der Waals surface area contributed by atoms with Crippen molar-refractivity contribution < 1.29 is 13.9 Å². The molecule has 1 atom stereocenters. The van der Waals surface area contributed by atoms with Crippen LogP contribution >= 0.6 is 15.9 Å². The maximum atomic E-state index is 13.6. The van der Waals surface area contributed by atoms with Gasteiger partial charge in [0.05, 0.1) is 34.7 Å². The van der Waals surface area contributed by atoms with Gasteiger partial charge in [0.15, 0.2) is 0 Å². The molecule has 1 unspecified atom stereocenters. The number of hydrogen-bond donors (Lipinski definition) is 1. The van der Waals surface area contributed by atoms with Crippen LogP contribution in [0.2, 0.25) is 0 Å². The Kier molecular flexibility index (Phi) is 5.45. The van der Waals surface area contributed by atoms with Gasteiger partial charge in [-0.2, -0.15) is 5.26 Å². The van der Waals surface area contributed by atoms with E-state index in [0.717, 1.165) is 5.70 Å². The summed E-state index contributed by atoms with van der Waals surface area (Å²) in [4.78, 5) is 12.3. The van der Waals surface area contributed by atoms with Crippen LogP contribution in [0, 0.1) is 23.1 Å². The highest BCUT2D eigenvalue weighted by molar-refractivity contribution is 9.10. The van der Waals surface area contributed by atoms with Gasteiger partial charge in [-0.15, -0.1) is 0 Å². The van der Waals surface area contributed by atoms with Crippen LogP contribution in [0.3, 0.4) is 0 Å². The molecular weight excluding hydrogens is 375 g/mol. The van der Waals surface area contributed by atoms with Gasteiger partial charge in [-0.3, -0.25) is 0 Å². The Bertz CT molecular complexity index is 791. The lowest BCUT2D eigenvalue weighted by Gasteiger charge is -2.31. The minimum atomic E-state index is -0.599. The number of nitriles is 1. The maximum Gasteiger partial charge on any atom is 0.336 e. The van der Waals surface area contributed by atoms with E-state index in [0.29, 0.717) is 22.4 Å². The molecule has 0 radical (unpaired) electrons. The number of hydrogen-bond acceptors (Lipinski definition) is 4. The molecule has 0 saturated carbocycles. The topological polar surface area (TPSA) is 62.1 Å². The minimum absolute atomic E-state index is 0.0696. The number of allylic oxidation sites excluding steroid dienone is 3. The SMILES string of the molecule is COC(=O)C1=C(C)NC(C(C)C)=C(C#N)C1c1ccc(F)c(Br)c1. The van der Waals surface area contributed by atoms with Crippen LogP contribution in [0.25, 0.3) is 0 Å². The van der Waals surface area contributed by atoms with E-state index >= 15 is 0 Å². The first kappa shape index (κ1) is 18.2. The molecule has 0 bridgehead atoms. The van der Waals surface area contributed by atoms with Gasteiger partial charge in [0.25, 0.3) is 0 Å². The van der Waals surface area contributed by atoms with Gasteiger partial charge in [0.1, 0.15) is 5.82 Å². The number of methoxy groups -OCH3 is 1. The Hall–Kier alpha value is -2.13. The largest absolute Gasteiger partial charge is 0.466 e. The molecule has 24 heavy (non-hydrogen) atoms. The third-order valence-electron chi connectivity index (χ3n) is 3.97. The van der Waals surface area contributed by atoms with Crippen LogP contribution in [0.15, 0.2) is 45.2 Å². The molecular formula is C18H18BrFN2O2. The fourth-order valence-corrected chi connectivity index (χ4v) is 3.24. The second kappa shape index (κ2) is 7.18. The van der Waals surface area contributed by atoms with Crippen LogP contribution in [-0.4, -0.2) is 13.1 Å². The van der Waals surface area contributed by atoms with E-state index in [9.17, 15) is 14.4 Å². The highest BCUT2D eigenvalue weighted by Gasteiger charge is 2.35. The number of carbonyl (C=O) groups excluding carboxylic acids is 1. The number of esters is 1. The lowest BCUT2D eigenvalue weighted by molar-refractivity contribution is -0.136. The monoisotopic (exact) mass is 392 g/mol. The molecule has 0 fully saturated rings. The van der Waals surface area contributed by atoms with Crippen LogP contribution in [0.1, 0.15) is 32.3 Å². The molecule has 0 amide bonds. The molecule has 126 valence electrons. The molecule has 0 aliphatic carbocycles. The first-order valence-corrected chi connectivity index (χ1v) is 8.26. The zero-order valence-electron chi connectivity index (χ0n) is 13.9. The van der Waals surface area contributed by atoms with Crippen molar-refractivity contribution >= 4 is 21.9 Å². The molecule has 2 rings (SSSR count). The summed E-state index contributed by atoms with van der Waals surface area (Å²) >= 11 is 3.17. The molecule has 0 saturated heterocycles. The molecule has 1 aliphatic heterocycles. The van der Waals surface area contributed by atoms with Crippen molar-refractivity contribution in [2.24, 2.45) is 5.92 Å². The lowest BCUT2D eigenvalue weighted by Crippen LogP contribution is -2.31. The molecule has 1 heterocycles. The number of ether oxygens (including phenoxy) is 1. The van der Waals surface area contributed by atoms with Gasteiger partial charge in [0.2, 0.25) is 0 Å². The Balaban J connectivity index is 2.73. The summed E-state index contributed by atoms with van der Waals surface area (Å²) in [5.74, 6) is -1.45. The van der Waals surface area contributed by atoms with Gasteiger partial charge in [-0.05, 0) is 46.5 Å². The summed E-state index contributed by atoms with van der Waals surface area (Å²) in [6, 6.07) is 6.71. The standard InChI is InChI=1S/C18H18BrFN2O2/c1-9(2)17-12(8-21)16(11-5-6-14(20)13(19)7-11)15(10(3)22-17)18(23)24-4/h5-7,9,16,22H,1-4H3. The third kappa shape index (κ3) is 3.22. The van der Waals surface area contributed by atoms with E-state index in [1.165, 1.54) is 13.2 Å². The average Bonchev–Trinajstić information content (AvgIpc) is 2.55. The first-order valence-electron chi connectivity index (χ1n) is 7.47. The second-order valence-electron chi connectivity index (χ2n) is 5.86. The van der Waals surface area contributed by atoms with Crippen molar-refractivity contribution in [2.45, 2.75) is 26.7 Å².